The molecule has 6 nitrogen and oxygen atoms in total. The third-order valence-electron chi connectivity index (χ3n) is 2.80. The van der Waals surface area contributed by atoms with Gasteiger partial charge >= 0.3 is 6.03 Å². The zero-order valence-electron chi connectivity index (χ0n) is 11.7. The number of nitrogens with one attached hydrogen (secondary N) is 3. The van der Waals surface area contributed by atoms with Crippen LogP contribution in [0.2, 0.25) is 0 Å². The first-order valence-corrected chi connectivity index (χ1v) is 6.59. The van der Waals surface area contributed by atoms with Crippen LogP contribution >= 0.6 is 0 Å². The van der Waals surface area contributed by atoms with Gasteiger partial charge in [-0.2, -0.15) is 0 Å². The number of imide groups is 1. The summed E-state index contributed by atoms with van der Waals surface area (Å²) in [5.41, 5.74) is 0.882. The highest BCUT2D eigenvalue weighted by atomic mass is 16.3. The molecule has 0 spiro atoms. The maximum absolute atomic E-state index is 11.8. The number of rotatable bonds is 6. The Morgan fingerprint density at radius 1 is 1.25 bits per heavy atom. The minimum atomic E-state index is -0.602. The van der Waals surface area contributed by atoms with Gasteiger partial charge in [0.05, 0.1) is 18.7 Å². The fourth-order valence-corrected chi connectivity index (χ4v) is 1.74. The lowest BCUT2D eigenvalue weighted by atomic mass is 10.1. The Hall–Kier alpha value is -1.92. The molecule has 1 aromatic carbocycles. The minimum absolute atomic E-state index is 0.136. The Balaban J connectivity index is 2.57. The predicted octanol–water partition coefficient (Wildman–Crippen LogP) is 0.544. The summed E-state index contributed by atoms with van der Waals surface area (Å²) in [6.45, 7) is 3.72. The quantitative estimate of drug-likeness (QED) is 0.612. The van der Waals surface area contributed by atoms with Crippen LogP contribution < -0.4 is 16.0 Å². The van der Waals surface area contributed by atoms with Crippen molar-refractivity contribution in [2.45, 2.75) is 25.9 Å². The molecule has 3 amide bonds. The molecule has 110 valence electrons. The zero-order chi connectivity index (χ0) is 15.0. The van der Waals surface area contributed by atoms with E-state index in [4.69, 9.17) is 0 Å². The normalized spacial score (nSPS) is 13.3. The van der Waals surface area contributed by atoms with Crippen LogP contribution in [0.25, 0.3) is 0 Å². The number of benzene rings is 1. The molecule has 4 N–H and O–H groups in total. The van der Waals surface area contributed by atoms with Gasteiger partial charge in [0.25, 0.3) is 0 Å². The van der Waals surface area contributed by atoms with Gasteiger partial charge < -0.3 is 10.4 Å². The van der Waals surface area contributed by atoms with E-state index in [0.717, 1.165) is 5.56 Å². The van der Waals surface area contributed by atoms with Crippen LogP contribution in [-0.4, -0.2) is 36.2 Å². The molecule has 0 aliphatic heterocycles. The first-order chi connectivity index (χ1) is 9.58. The predicted molar refractivity (Wildman–Crippen MR) is 76.1 cm³/mol. The van der Waals surface area contributed by atoms with E-state index in [0.29, 0.717) is 6.54 Å². The second-order valence-electron chi connectivity index (χ2n) is 4.38. The molecule has 0 aliphatic carbocycles. The maximum Gasteiger partial charge on any atom is 0.321 e. The van der Waals surface area contributed by atoms with E-state index in [1.54, 1.807) is 13.8 Å². The van der Waals surface area contributed by atoms with Crippen molar-refractivity contribution in [3.05, 3.63) is 35.9 Å². The van der Waals surface area contributed by atoms with E-state index in [-0.39, 0.29) is 12.6 Å². The Kier molecular flexibility index (Phi) is 6.69. The molecule has 2 atom stereocenters. The van der Waals surface area contributed by atoms with E-state index in [1.807, 2.05) is 30.3 Å². The van der Waals surface area contributed by atoms with Crippen molar-refractivity contribution in [3.8, 4) is 0 Å². The van der Waals surface area contributed by atoms with E-state index in [9.17, 15) is 14.7 Å². The average Bonchev–Trinajstić information content (AvgIpc) is 2.45. The monoisotopic (exact) mass is 279 g/mol. The highest BCUT2D eigenvalue weighted by Gasteiger charge is 2.19. The molecule has 1 rings (SSSR count). The van der Waals surface area contributed by atoms with Crippen molar-refractivity contribution in [3.63, 3.8) is 0 Å². The SMILES string of the molecule is CCNC(=O)NC(=O)C(C)NC(CO)c1ccccc1. The van der Waals surface area contributed by atoms with Crippen LogP contribution in [-0.2, 0) is 4.79 Å². The summed E-state index contributed by atoms with van der Waals surface area (Å²) < 4.78 is 0. The molecule has 0 aliphatic rings. The Morgan fingerprint density at radius 3 is 2.45 bits per heavy atom. The molecule has 0 saturated carbocycles. The van der Waals surface area contributed by atoms with Crippen LogP contribution in [0, 0.1) is 0 Å². The molecule has 0 fully saturated rings. The molecule has 0 radical (unpaired) electrons. The largest absolute Gasteiger partial charge is 0.394 e. The third-order valence-corrected chi connectivity index (χ3v) is 2.80. The zero-order valence-corrected chi connectivity index (χ0v) is 11.7. The van der Waals surface area contributed by atoms with Gasteiger partial charge in [-0.15, -0.1) is 0 Å². The van der Waals surface area contributed by atoms with Crippen molar-refractivity contribution in [2.24, 2.45) is 0 Å². The van der Waals surface area contributed by atoms with Gasteiger partial charge in [0.2, 0.25) is 5.91 Å². The van der Waals surface area contributed by atoms with E-state index in [1.165, 1.54) is 0 Å². The van der Waals surface area contributed by atoms with E-state index >= 15 is 0 Å². The molecular formula is C14H21N3O3. The van der Waals surface area contributed by atoms with Gasteiger partial charge in [0.15, 0.2) is 0 Å². The number of amides is 3. The van der Waals surface area contributed by atoms with Crippen molar-refractivity contribution in [1.29, 1.82) is 0 Å². The topological polar surface area (TPSA) is 90.5 Å². The first kappa shape index (κ1) is 16.1. The molecular weight excluding hydrogens is 258 g/mol. The van der Waals surface area contributed by atoms with Gasteiger partial charge in [-0.25, -0.2) is 4.79 Å². The summed E-state index contributed by atoms with van der Waals surface area (Å²) in [6, 6.07) is 7.85. The van der Waals surface area contributed by atoms with Crippen LogP contribution in [0.15, 0.2) is 30.3 Å². The number of aliphatic hydroxyl groups excluding tert-OH is 1. The Labute approximate surface area is 118 Å². The molecule has 6 heteroatoms. The second-order valence-corrected chi connectivity index (χ2v) is 4.38. The molecule has 0 heterocycles. The van der Waals surface area contributed by atoms with E-state index < -0.39 is 18.0 Å². The fraction of sp³-hybridized carbons (Fsp3) is 0.429. The van der Waals surface area contributed by atoms with Crippen LogP contribution in [0.5, 0.6) is 0 Å². The summed E-state index contributed by atoms with van der Waals surface area (Å²) in [6.07, 6.45) is 0. The third kappa shape index (κ3) is 4.99. The summed E-state index contributed by atoms with van der Waals surface area (Å²) in [4.78, 5) is 23.1. The van der Waals surface area contributed by atoms with Gasteiger partial charge in [0, 0.05) is 6.54 Å². The van der Waals surface area contributed by atoms with Crippen LogP contribution in [0.3, 0.4) is 0 Å². The summed E-state index contributed by atoms with van der Waals surface area (Å²) >= 11 is 0. The van der Waals surface area contributed by atoms with Gasteiger partial charge in [-0.05, 0) is 19.4 Å². The minimum Gasteiger partial charge on any atom is -0.394 e. The lowest BCUT2D eigenvalue weighted by Gasteiger charge is -2.21. The van der Waals surface area contributed by atoms with E-state index in [2.05, 4.69) is 16.0 Å². The fourth-order valence-electron chi connectivity index (χ4n) is 1.74. The molecule has 1 aromatic rings. The Morgan fingerprint density at radius 2 is 1.90 bits per heavy atom. The van der Waals surface area contributed by atoms with Gasteiger partial charge in [0.1, 0.15) is 0 Å². The van der Waals surface area contributed by atoms with Crippen LogP contribution in [0.4, 0.5) is 4.79 Å². The molecule has 0 bridgehead atoms. The van der Waals surface area contributed by atoms with Crippen molar-refractivity contribution >= 4 is 11.9 Å². The van der Waals surface area contributed by atoms with Crippen molar-refractivity contribution in [2.75, 3.05) is 13.2 Å². The maximum atomic E-state index is 11.8. The molecule has 0 saturated heterocycles. The molecule has 20 heavy (non-hydrogen) atoms. The number of urea groups is 1. The number of hydrogen-bond donors (Lipinski definition) is 4. The average molecular weight is 279 g/mol. The highest BCUT2D eigenvalue weighted by Crippen LogP contribution is 2.12. The molecule has 0 aromatic heterocycles. The number of aliphatic hydroxyl groups is 1. The van der Waals surface area contributed by atoms with Crippen molar-refractivity contribution in [1.82, 2.24) is 16.0 Å². The second kappa shape index (κ2) is 8.29. The standard InChI is InChI=1S/C14H21N3O3/c1-3-15-14(20)17-13(19)10(2)16-12(9-18)11-7-5-4-6-8-11/h4-8,10,12,16,18H,3,9H2,1-2H3,(H2,15,17,19,20). The van der Waals surface area contributed by atoms with Gasteiger partial charge in [-0.1, -0.05) is 30.3 Å². The first-order valence-electron chi connectivity index (χ1n) is 6.59. The Bertz CT molecular complexity index is 437. The highest BCUT2D eigenvalue weighted by molar-refractivity contribution is 5.96. The van der Waals surface area contributed by atoms with Gasteiger partial charge in [-0.3, -0.25) is 15.4 Å². The summed E-state index contributed by atoms with van der Waals surface area (Å²) in [5, 5.41) is 17.1. The molecule has 2 unspecified atom stereocenters. The lowest BCUT2D eigenvalue weighted by molar-refractivity contribution is -0.121. The number of hydrogen-bond acceptors (Lipinski definition) is 4. The smallest absolute Gasteiger partial charge is 0.321 e. The van der Waals surface area contributed by atoms with Crippen molar-refractivity contribution < 1.29 is 14.7 Å². The summed E-state index contributed by atoms with van der Waals surface area (Å²) in [7, 11) is 0. The van der Waals surface area contributed by atoms with Crippen LogP contribution in [0.1, 0.15) is 25.5 Å². The summed E-state index contributed by atoms with van der Waals surface area (Å²) in [5.74, 6) is -0.440. The lowest BCUT2D eigenvalue weighted by Crippen LogP contribution is -2.49. The number of carbonyl (C=O) groups is 2. The number of carbonyl (C=O) groups excluding carboxylic acids is 2.